The Hall–Kier alpha value is -1.62. The Bertz CT molecular complexity index is 297. The van der Waals surface area contributed by atoms with Crippen LogP contribution in [0.15, 0.2) is 18.2 Å². The minimum absolute atomic E-state index is 0.154. The van der Waals surface area contributed by atoms with E-state index in [1.54, 1.807) is 6.07 Å². The maximum atomic E-state index is 9.02. The van der Waals surface area contributed by atoms with Gasteiger partial charge in [-0.05, 0) is 12.1 Å². The summed E-state index contributed by atoms with van der Waals surface area (Å²) in [5.41, 5.74) is 0.644. The fourth-order valence-corrected chi connectivity index (χ4v) is 0.799. The summed E-state index contributed by atoms with van der Waals surface area (Å²) < 4.78 is 4.91. The van der Waals surface area contributed by atoms with Crippen molar-refractivity contribution in [2.45, 2.75) is 0 Å². The fraction of sp³-hybridized carbons (Fsp3) is 0.111. The highest BCUT2D eigenvalue weighted by atomic mass is 16.5. The second-order valence-corrected chi connectivity index (χ2v) is 2.03. The average Bonchev–Trinajstić information content (AvgIpc) is 2.04. The van der Waals surface area contributed by atoms with Crippen LogP contribution in [0.25, 0.3) is 0 Å². The minimum Gasteiger partial charge on any atom is -0.508 e. The van der Waals surface area contributed by atoms with Gasteiger partial charge in [-0.15, -0.1) is 6.42 Å². The van der Waals surface area contributed by atoms with Crippen molar-refractivity contribution in [1.29, 1.82) is 0 Å². The van der Waals surface area contributed by atoms with Crippen molar-refractivity contribution >= 4 is 0 Å². The zero-order chi connectivity index (χ0) is 8.27. The predicted molar refractivity (Wildman–Crippen MR) is 42.6 cm³/mol. The van der Waals surface area contributed by atoms with Gasteiger partial charge in [-0.25, -0.2) is 0 Å². The lowest BCUT2D eigenvalue weighted by Gasteiger charge is -2.02. The van der Waals surface area contributed by atoms with Crippen LogP contribution in [0.3, 0.4) is 0 Å². The molecule has 1 aromatic rings. The number of terminal acetylenes is 1. The van der Waals surface area contributed by atoms with Crippen molar-refractivity contribution in [3.63, 3.8) is 0 Å². The fourth-order valence-electron chi connectivity index (χ4n) is 0.799. The third kappa shape index (κ3) is 1.44. The molecule has 1 rings (SSSR count). The average molecular weight is 148 g/mol. The molecule has 0 aromatic heterocycles. The van der Waals surface area contributed by atoms with E-state index in [-0.39, 0.29) is 5.75 Å². The molecule has 0 bridgehead atoms. The van der Waals surface area contributed by atoms with Gasteiger partial charge in [0.25, 0.3) is 0 Å². The van der Waals surface area contributed by atoms with Crippen LogP contribution in [0, 0.1) is 12.3 Å². The van der Waals surface area contributed by atoms with Crippen LogP contribution in [0.4, 0.5) is 0 Å². The number of aromatic hydroxyl groups is 1. The van der Waals surface area contributed by atoms with E-state index in [1.165, 1.54) is 19.2 Å². The summed E-state index contributed by atoms with van der Waals surface area (Å²) in [6, 6.07) is 4.64. The number of phenols is 1. The van der Waals surface area contributed by atoms with E-state index in [2.05, 4.69) is 5.92 Å². The van der Waals surface area contributed by atoms with Gasteiger partial charge in [0, 0.05) is 6.07 Å². The van der Waals surface area contributed by atoms with Crippen molar-refractivity contribution in [1.82, 2.24) is 0 Å². The summed E-state index contributed by atoms with van der Waals surface area (Å²) >= 11 is 0. The van der Waals surface area contributed by atoms with Gasteiger partial charge in [0.15, 0.2) is 0 Å². The van der Waals surface area contributed by atoms with Crippen molar-refractivity contribution in [2.75, 3.05) is 7.11 Å². The minimum atomic E-state index is 0.154. The Morgan fingerprint density at radius 2 is 2.27 bits per heavy atom. The van der Waals surface area contributed by atoms with Crippen molar-refractivity contribution in [2.24, 2.45) is 0 Å². The first-order valence-electron chi connectivity index (χ1n) is 3.11. The zero-order valence-corrected chi connectivity index (χ0v) is 6.16. The molecule has 0 fully saturated rings. The first kappa shape index (κ1) is 7.49. The molecule has 0 heterocycles. The van der Waals surface area contributed by atoms with Gasteiger partial charge in [-0.3, -0.25) is 0 Å². The molecule has 0 saturated carbocycles. The third-order valence-electron chi connectivity index (χ3n) is 1.34. The van der Waals surface area contributed by atoms with Crippen LogP contribution in [-0.2, 0) is 0 Å². The molecule has 0 saturated heterocycles. The first-order valence-corrected chi connectivity index (χ1v) is 3.11. The standard InChI is InChI=1S/C9H8O2/c1-3-7-4-5-8(10)6-9(7)11-2/h1,4-6,10H,2H3. The van der Waals surface area contributed by atoms with Crippen LogP contribution in [0.2, 0.25) is 0 Å². The first-order chi connectivity index (χ1) is 5.27. The molecule has 0 radical (unpaired) electrons. The molecular formula is C9H8O2. The highest BCUT2D eigenvalue weighted by Gasteiger charge is 1.99. The van der Waals surface area contributed by atoms with Crippen LogP contribution >= 0.6 is 0 Å². The maximum absolute atomic E-state index is 9.02. The number of hydrogen-bond acceptors (Lipinski definition) is 2. The topological polar surface area (TPSA) is 29.5 Å². The molecule has 2 nitrogen and oxygen atoms in total. The molecule has 0 spiro atoms. The van der Waals surface area contributed by atoms with E-state index >= 15 is 0 Å². The Morgan fingerprint density at radius 3 is 2.82 bits per heavy atom. The molecular weight excluding hydrogens is 140 g/mol. The van der Waals surface area contributed by atoms with E-state index < -0.39 is 0 Å². The Morgan fingerprint density at radius 1 is 1.55 bits per heavy atom. The van der Waals surface area contributed by atoms with Gasteiger partial charge in [0.2, 0.25) is 0 Å². The van der Waals surface area contributed by atoms with E-state index in [9.17, 15) is 0 Å². The molecule has 0 aliphatic heterocycles. The molecule has 0 aliphatic rings. The Kier molecular flexibility index (Phi) is 2.03. The highest BCUT2D eigenvalue weighted by Crippen LogP contribution is 2.22. The maximum Gasteiger partial charge on any atom is 0.138 e. The molecule has 0 amide bonds. The van der Waals surface area contributed by atoms with Gasteiger partial charge in [-0.2, -0.15) is 0 Å². The normalized spacial score (nSPS) is 8.73. The molecule has 11 heavy (non-hydrogen) atoms. The summed E-state index contributed by atoms with van der Waals surface area (Å²) in [7, 11) is 1.51. The van der Waals surface area contributed by atoms with E-state index in [0.29, 0.717) is 11.3 Å². The highest BCUT2D eigenvalue weighted by molar-refractivity contribution is 5.48. The lowest BCUT2D eigenvalue weighted by atomic mass is 10.2. The third-order valence-corrected chi connectivity index (χ3v) is 1.34. The largest absolute Gasteiger partial charge is 0.508 e. The lowest BCUT2D eigenvalue weighted by Crippen LogP contribution is -1.86. The van der Waals surface area contributed by atoms with Gasteiger partial charge >= 0.3 is 0 Å². The molecule has 56 valence electrons. The van der Waals surface area contributed by atoms with E-state index in [0.717, 1.165) is 0 Å². The summed E-state index contributed by atoms with van der Waals surface area (Å²) in [6.45, 7) is 0. The Balaban J connectivity index is 3.19. The quantitative estimate of drug-likeness (QED) is 0.610. The van der Waals surface area contributed by atoms with Gasteiger partial charge in [0.05, 0.1) is 12.7 Å². The molecule has 2 heteroatoms. The van der Waals surface area contributed by atoms with Gasteiger partial charge in [0.1, 0.15) is 11.5 Å². The van der Waals surface area contributed by atoms with Crippen molar-refractivity contribution in [3.05, 3.63) is 23.8 Å². The summed E-state index contributed by atoms with van der Waals surface area (Å²) in [6.07, 6.45) is 5.16. The molecule has 0 unspecified atom stereocenters. The second-order valence-electron chi connectivity index (χ2n) is 2.03. The number of ether oxygens (including phenoxy) is 1. The van der Waals surface area contributed by atoms with Crippen LogP contribution in [0.5, 0.6) is 11.5 Å². The molecule has 1 N–H and O–H groups in total. The van der Waals surface area contributed by atoms with Crippen LogP contribution < -0.4 is 4.74 Å². The summed E-state index contributed by atoms with van der Waals surface area (Å²) in [4.78, 5) is 0. The molecule has 1 aromatic carbocycles. The number of phenolic OH excluding ortho intramolecular Hbond substituents is 1. The lowest BCUT2D eigenvalue weighted by molar-refractivity contribution is 0.406. The number of hydrogen-bond donors (Lipinski definition) is 1. The number of rotatable bonds is 1. The number of benzene rings is 1. The Labute approximate surface area is 65.4 Å². The van der Waals surface area contributed by atoms with E-state index in [1.807, 2.05) is 0 Å². The zero-order valence-electron chi connectivity index (χ0n) is 6.16. The van der Waals surface area contributed by atoms with Crippen LogP contribution in [0.1, 0.15) is 5.56 Å². The van der Waals surface area contributed by atoms with Gasteiger partial charge in [-0.1, -0.05) is 5.92 Å². The SMILES string of the molecule is C#Cc1ccc(O)cc1OC. The van der Waals surface area contributed by atoms with Crippen molar-refractivity contribution < 1.29 is 9.84 Å². The van der Waals surface area contributed by atoms with Gasteiger partial charge < -0.3 is 9.84 Å². The van der Waals surface area contributed by atoms with E-state index in [4.69, 9.17) is 16.3 Å². The monoisotopic (exact) mass is 148 g/mol. The molecule has 0 aliphatic carbocycles. The number of methoxy groups -OCH3 is 1. The molecule has 0 atom stereocenters. The summed E-state index contributed by atoms with van der Waals surface area (Å²) in [5, 5.41) is 9.02. The predicted octanol–water partition coefficient (Wildman–Crippen LogP) is 1.38. The smallest absolute Gasteiger partial charge is 0.138 e. The summed E-state index contributed by atoms with van der Waals surface area (Å²) in [5.74, 6) is 3.11. The van der Waals surface area contributed by atoms with Crippen LogP contribution in [-0.4, -0.2) is 12.2 Å². The van der Waals surface area contributed by atoms with Crippen molar-refractivity contribution in [3.8, 4) is 23.8 Å². The second kappa shape index (κ2) is 2.98.